The second-order valence-electron chi connectivity index (χ2n) is 15.4. The molecule has 21 heteroatoms. The first-order valence-corrected chi connectivity index (χ1v) is 20.7. The predicted octanol–water partition coefficient (Wildman–Crippen LogP) is 1.77. The van der Waals surface area contributed by atoms with Gasteiger partial charge in [-0.25, -0.2) is 19.8 Å². The molecule has 64 heavy (non-hydrogen) atoms. The largest absolute Gasteiger partial charge is 0.507 e. The van der Waals surface area contributed by atoms with E-state index >= 15 is 0 Å². The van der Waals surface area contributed by atoms with Crippen LogP contribution in [0.2, 0.25) is 0 Å². The Balaban J connectivity index is 1.79. The Labute approximate surface area is 371 Å². The Hall–Kier alpha value is -6.93. The summed E-state index contributed by atoms with van der Waals surface area (Å²) < 4.78 is 14.3. The summed E-state index contributed by atoms with van der Waals surface area (Å²) in [7, 11) is 2.40. The molecule has 352 valence electrons. The summed E-state index contributed by atoms with van der Waals surface area (Å²) in [4.78, 5) is 112. The van der Waals surface area contributed by atoms with Crippen LogP contribution in [-0.2, 0) is 55.9 Å². The lowest BCUT2D eigenvalue weighted by molar-refractivity contribution is -0.132. The zero-order valence-corrected chi connectivity index (χ0v) is 37.0. The Morgan fingerprint density at radius 3 is 1.48 bits per heavy atom. The maximum absolute atomic E-state index is 13.2. The number of benzene rings is 2. The number of carbonyl (C=O) groups excluding carboxylic acids is 9. The van der Waals surface area contributed by atoms with Gasteiger partial charge < -0.3 is 50.6 Å². The van der Waals surface area contributed by atoms with Crippen molar-refractivity contribution in [3.05, 3.63) is 58.7 Å². The van der Waals surface area contributed by atoms with Gasteiger partial charge in [-0.05, 0) is 81.8 Å². The van der Waals surface area contributed by atoms with Crippen molar-refractivity contribution in [2.45, 2.75) is 97.1 Å². The number of ether oxygens (including phenoxy) is 3. The van der Waals surface area contributed by atoms with Gasteiger partial charge in [-0.2, -0.15) is 0 Å². The molecule has 0 aliphatic carbocycles. The zero-order valence-electron chi connectivity index (χ0n) is 37.0. The number of amides is 7. The monoisotopic (exact) mass is 899 g/mol. The average Bonchev–Trinajstić information content (AvgIpc) is 3.23. The van der Waals surface area contributed by atoms with Gasteiger partial charge >= 0.3 is 18.0 Å². The number of phenolic OH excluding ortho intramolecular Hbond substituents is 2. The van der Waals surface area contributed by atoms with E-state index in [1.165, 1.54) is 43.4 Å². The van der Waals surface area contributed by atoms with Gasteiger partial charge in [0.2, 0.25) is 35.4 Å². The maximum Gasteiger partial charge on any atom is 0.426 e. The highest BCUT2D eigenvalue weighted by atomic mass is 16.6. The van der Waals surface area contributed by atoms with Crippen LogP contribution in [0.3, 0.4) is 0 Å². The number of carbonyl (C=O) groups is 9. The van der Waals surface area contributed by atoms with Crippen LogP contribution in [0.15, 0.2) is 36.4 Å². The van der Waals surface area contributed by atoms with E-state index in [0.717, 1.165) is 0 Å². The molecule has 0 saturated carbocycles. The van der Waals surface area contributed by atoms with Gasteiger partial charge in [0.15, 0.2) is 0 Å². The fourth-order valence-corrected chi connectivity index (χ4v) is 5.77. The van der Waals surface area contributed by atoms with E-state index in [4.69, 9.17) is 4.74 Å². The third-order valence-corrected chi connectivity index (χ3v) is 9.03. The topological polar surface area (TPSA) is 297 Å². The molecule has 21 nitrogen and oxygen atoms in total. The van der Waals surface area contributed by atoms with Crippen molar-refractivity contribution in [3.8, 4) is 11.5 Å². The van der Waals surface area contributed by atoms with Crippen LogP contribution in [0.5, 0.6) is 11.5 Å². The number of aromatic hydroxyl groups is 2. The second-order valence-corrected chi connectivity index (χ2v) is 15.4. The van der Waals surface area contributed by atoms with Gasteiger partial charge in [0.1, 0.15) is 28.2 Å². The van der Waals surface area contributed by atoms with Crippen molar-refractivity contribution < 1.29 is 67.6 Å². The molecule has 0 atom stereocenters. The van der Waals surface area contributed by atoms with Crippen molar-refractivity contribution >= 4 is 53.5 Å². The minimum Gasteiger partial charge on any atom is -0.507 e. The van der Waals surface area contributed by atoms with E-state index in [1.807, 2.05) is 0 Å². The lowest BCUT2D eigenvalue weighted by Gasteiger charge is -2.23. The number of hydrazine groups is 1. The lowest BCUT2D eigenvalue weighted by atomic mass is 10.1. The van der Waals surface area contributed by atoms with Crippen molar-refractivity contribution in [2.75, 3.05) is 46.9 Å². The molecule has 0 aromatic heterocycles. The molecular weight excluding hydrogens is 839 g/mol. The summed E-state index contributed by atoms with van der Waals surface area (Å²) in [5, 5.41) is 31.0. The number of phenols is 2. The molecular formula is C43H61N7O14. The first-order valence-electron chi connectivity index (χ1n) is 20.7. The van der Waals surface area contributed by atoms with Gasteiger partial charge in [0.05, 0.1) is 14.2 Å². The highest BCUT2D eigenvalue weighted by Gasteiger charge is 2.19. The summed E-state index contributed by atoms with van der Waals surface area (Å²) in [6, 6.07) is 8.78. The minimum absolute atomic E-state index is 0.00827. The molecule has 0 spiro atoms. The van der Waals surface area contributed by atoms with Crippen LogP contribution in [0.4, 0.5) is 4.79 Å². The summed E-state index contributed by atoms with van der Waals surface area (Å²) in [6.07, 6.45) is 0.187. The molecule has 0 heterocycles. The quantitative estimate of drug-likeness (QED) is 0.0401. The van der Waals surface area contributed by atoms with Crippen LogP contribution in [0.1, 0.15) is 110 Å². The number of esters is 2. The second kappa shape index (κ2) is 27.9. The molecule has 0 bridgehead atoms. The van der Waals surface area contributed by atoms with Gasteiger partial charge in [-0.3, -0.25) is 34.2 Å². The fourth-order valence-electron chi connectivity index (χ4n) is 5.77. The lowest BCUT2D eigenvalue weighted by Crippen LogP contribution is -2.44. The van der Waals surface area contributed by atoms with Crippen LogP contribution >= 0.6 is 0 Å². The molecule has 0 unspecified atom stereocenters. The number of nitrogens with zero attached hydrogens (tertiary/aromatic N) is 1. The Kier molecular flexibility index (Phi) is 23.2. The van der Waals surface area contributed by atoms with Crippen LogP contribution < -0.4 is 32.1 Å². The maximum atomic E-state index is 13.2. The van der Waals surface area contributed by atoms with Crippen LogP contribution in [-0.4, -0.2) is 121 Å². The molecule has 0 aliphatic heterocycles. The van der Waals surface area contributed by atoms with E-state index in [9.17, 15) is 53.4 Å². The summed E-state index contributed by atoms with van der Waals surface area (Å²) in [5.41, 5.74) is 4.85. The minimum atomic E-state index is -0.846. The van der Waals surface area contributed by atoms with Crippen LogP contribution in [0.25, 0.3) is 0 Å². The Morgan fingerprint density at radius 1 is 0.562 bits per heavy atom. The summed E-state index contributed by atoms with van der Waals surface area (Å²) >= 11 is 0. The van der Waals surface area contributed by atoms with Gasteiger partial charge in [-0.1, -0.05) is 12.1 Å². The van der Waals surface area contributed by atoms with Crippen molar-refractivity contribution in [3.63, 3.8) is 0 Å². The molecule has 0 aliphatic rings. The van der Waals surface area contributed by atoms with Gasteiger partial charge in [0, 0.05) is 77.8 Å². The van der Waals surface area contributed by atoms with Gasteiger partial charge in [-0.15, -0.1) is 0 Å². The first kappa shape index (κ1) is 53.2. The van der Waals surface area contributed by atoms with Crippen molar-refractivity contribution in [1.82, 2.24) is 37.0 Å². The van der Waals surface area contributed by atoms with Crippen LogP contribution in [0, 0.1) is 0 Å². The van der Waals surface area contributed by atoms with Crippen molar-refractivity contribution in [2.24, 2.45) is 0 Å². The standard InChI is InChI=1S/C43H61N7O14/c1-43(2,3)64-42(61)49-48-38(57)13-8-14-39(58)50(24-22-46-36(55)11-7-12-37(56)47-27-29-16-18-31(33(52)26-29)41(60)63-5)23-21-45-35(54)10-6-9-34(53)44-20-19-28-15-17-30(32(51)25-28)40(59)62-4/h15-18,25-26,51-52H,6-14,19-24,27H2,1-5H3,(H,44,53)(H,45,54)(H,46,55)(H,47,56)(H,48,57)(H,49,61). The SMILES string of the molecule is COC(=O)c1ccc(CCNC(=O)CCCC(=O)NCCN(CCNC(=O)CCCC(=O)NCc2ccc(C(=O)OC)c(O)c2)C(=O)CCCC(=O)NNC(=O)OC(C)(C)C)cc1O. The van der Waals surface area contributed by atoms with E-state index < -0.39 is 29.5 Å². The highest BCUT2D eigenvalue weighted by molar-refractivity contribution is 5.93. The van der Waals surface area contributed by atoms with E-state index in [0.29, 0.717) is 17.5 Å². The zero-order chi connectivity index (χ0) is 47.7. The highest BCUT2D eigenvalue weighted by Crippen LogP contribution is 2.21. The number of hydrogen-bond acceptors (Lipinski definition) is 14. The molecule has 8 N–H and O–H groups in total. The van der Waals surface area contributed by atoms with Crippen molar-refractivity contribution in [1.29, 1.82) is 0 Å². The first-order chi connectivity index (χ1) is 30.3. The smallest absolute Gasteiger partial charge is 0.426 e. The normalized spacial score (nSPS) is 10.7. The molecule has 0 fully saturated rings. The molecule has 2 aromatic rings. The molecule has 2 rings (SSSR count). The Morgan fingerprint density at radius 2 is 1.00 bits per heavy atom. The molecule has 2 aromatic carbocycles. The Bertz CT molecular complexity index is 1950. The number of hydrogen-bond donors (Lipinski definition) is 8. The number of nitrogens with one attached hydrogen (secondary N) is 6. The average molecular weight is 900 g/mol. The molecule has 7 amide bonds. The van der Waals surface area contributed by atoms with E-state index in [2.05, 4.69) is 41.6 Å². The predicted molar refractivity (Wildman–Crippen MR) is 229 cm³/mol. The van der Waals surface area contributed by atoms with E-state index in [1.54, 1.807) is 32.9 Å². The third kappa shape index (κ3) is 21.7. The number of rotatable bonds is 25. The molecule has 0 radical (unpaired) electrons. The van der Waals surface area contributed by atoms with E-state index in [-0.39, 0.29) is 149 Å². The fraction of sp³-hybridized carbons (Fsp3) is 0.512. The molecule has 0 saturated heterocycles. The third-order valence-electron chi connectivity index (χ3n) is 9.03. The summed E-state index contributed by atoms with van der Waals surface area (Å²) in [6.45, 7) is 5.62. The van der Waals surface area contributed by atoms with Gasteiger partial charge in [0.25, 0.3) is 0 Å². The summed E-state index contributed by atoms with van der Waals surface area (Å²) in [5.74, 6) is -4.09. The number of methoxy groups -OCH3 is 2.